The Labute approximate surface area is 242 Å². The van der Waals surface area contributed by atoms with Crippen LogP contribution in [-0.2, 0) is 16.1 Å². The summed E-state index contributed by atoms with van der Waals surface area (Å²) in [5.74, 6) is 0.381. The highest BCUT2D eigenvalue weighted by Gasteiger charge is 2.21. The minimum Gasteiger partial charge on any atom is -0.497 e. The SMILES string of the molecule is COc1ccc(-c2csc(CN(CC(=O)Nc3ccc(N(C)C)cc3)C(=O)CSc3nc(C)cc(C)n3)n2)cc1. The van der Waals surface area contributed by atoms with Crippen LogP contribution < -0.4 is 15.0 Å². The first-order valence-corrected chi connectivity index (χ1v) is 14.5. The zero-order valence-corrected chi connectivity index (χ0v) is 24.8. The second-order valence-corrected chi connectivity index (χ2v) is 11.2. The predicted molar refractivity (Wildman–Crippen MR) is 161 cm³/mol. The van der Waals surface area contributed by atoms with Gasteiger partial charge in [0.1, 0.15) is 17.3 Å². The molecule has 2 heterocycles. The molecule has 2 aromatic carbocycles. The molecule has 0 bridgehead atoms. The van der Waals surface area contributed by atoms with Gasteiger partial charge in [0, 0.05) is 47.8 Å². The zero-order valence-electron chi connectivity index (χ0n) is 23.2. The summed E-state index contributed by atoms with van der Waals surface area (Å²) in [5, 5.41) is 6.11. The van der Waals surface area contributed by atoms with Gasteiger partial charge >= 0.3 is 0 Å². The molecule has 4 aromatic rings. The molecular formula is C29H32N6O3S2. The van der Waals surface area contributed by atoms with E-state index in [1.165, 1.54) is 28.0 Å². The van der Waals surface area contributed by atoms with Crippen molar-refractivity contribution < 1.29 is 14.3 Å². The van der Waals surface area contributed by atoms with E-state index in [1.807, 2.05) is 92.8 Å². The maximum Gasteiger partial charge on any atom is 0.244 e. The van der Waals surface area contributed by atoms with Crippen molar-refractivity contribution in [2.24, 2.45) is 0 Å². The fourth-order valence-corrected chi connectivity index (χ4v) is 5.54. The van der Waals surface area contributed by atoms with Crippen molar-refractivity contribution in [1.82, 2.24) is 19.9 Å². The molecule has 0 atom stereocenters. The van der Waals surface area contributed by atoms with E-state index >= 15 is 0 Å². The first-order valence-electron chi connectivity index (χ1n) is 12.6. The van der Waals surface area contributed by atoms with Gasteiger partial charge in [-0.25, -0.2) is 15.0 Å². The zero-order chi connectivity index (χ0) is 28.6. The Kier molecular flexibility index (Phi) is 9.73. The summed E-state index contributed by atoms with van der Waals surface area (Å²) in [5.41, 5.74) is 5.12. The van der Waals surface area contributed by atoms with E-state index in [4.69, 9.17) is 9.72 Å². The lowest BCUT2D eigenvalue weighted by molar-refractivity contribution is -0.132. The molecule has 1 N–H and O–H groups in total. The van der Waals surface area contributed by atoms with Gasteiger partial charge in [-0.15, -0.1) is 11.3 Å². The monoisotopic (exact) mass is 576 g/mol. The Morgan fingerprint density at radius 1 is 0.975 bits per heavy atom. The van der Waals surface area contributed by atoms with Gasteiger partial charge in [0.25, 0.3) is 0 Å². The number of aromatic nitrogens is 3. The number of carbonyl (C=O) groups excluding carboxylic acids is 2. The van der Waals surface area contributed by atoms with E-state index in [9.17, 15) is 9.59 Å². The van der Waals surface area contributed by atoms with Gasteiger partial charge in [-0.05, 0) is 68.4 Å². The molecule has 40 heavy (non-hydrogen) atoms. The number of anilines is 2. The van der Waals surface area contributed by atoms with Crippen LogP contribution in [0, 0.1) is 13.8 Å². The van der Waals surface area contributed by atoms with Crippen LogP contribution in [0.15, 0.2) is 65.1 Å². The maximum atomic E-state index is 13.4. The Balaban J connectivity index is 1.48. The van der Waals surface area contributed by atoms with Crippen LogP contribution in [0.5, 0.6) is 5.75 Å². The number of nitrogens with zero attached hydrogens (tertiary/aromatic N) is 5. The second kappa shape index (κ2) is 13.4. The topological polar surface area (TPSA) is 101 Å². The lowest BCUT2D eigenvalue weighted by atomic mass is 10.2. The summed E-state index contributed by atoms with van der Waals surface area (Å²) in [7, 11) is 5.54. The number of hydrogen-bond donors (Lipinski definition) is 1. The van der Waals surface area contributed by atoms with Crippen molar-refractivity contribution in [1.29, 1.82) is 0 Å². The number of benzene rings is 2. The largest absolute Gasteiger partial charge is 0.497 e. The lowest BCUT2D eigenvalue weighted by Crippen LogP contribution is -2.38. The molecule has 0 aliphatic rings. The van der Waals surface area contributed by atoms with Gasteiger partial charge in [0.15, 0.2) is 5.16 Å². The lowest BCUT2D eigenvalue weighted by Gasteiger charge is -2.21. The van der Waals surface area contributed by atoms with Gasteiger partial charge in [-0.2, -0.15) is 0 Å². The Morgan fingerprint density at radius 2 is 1.65 bits per heavy atom. The van der Waals surface area contributed by atoms with E-state index in [2.05, 4.69) is 15.3 Å². The summed E-state index contributed by atoms with van der Waals surface area (Å²) >= 11 is 2.71. The van der Waals surface area contributed by atoms with Crippen LogP contribution in [0.2, 0.25) is 0 Å². The van der Waals surface area contributed by atoms with Gasteiger partial charge < -0.3 is 19.9 Å². The average molecular weight is 577 g/mol. The first kappa shape index (κ1) is 29.0. The van der Waals surface area contributed by atoms with Crippen LogP contribution in [0.4, 0.5) is 11.4 Å². The van der Waals surface area contributed by atoms with Crippen molar-refractivity contribution in [2.75, 3.05) is 43.7 Å². The molecule has 208 valence electrons. The van der Waals surface area contributed by atoms with Crippen LogP contribution >= 0.6 is 23.1 Å². The molecule has 0 fully saturated rings. The fourth-order valence-electron chi connectivity index (χ4n) is 3.87. The van der Waals surface area contributed by atoms with E-state index in [-0.39, 0.29) is 30.7 Å². The molecule has 0 aliphatic carbocycles. The van der Waals surface area contributed by atoms with Gasteiger partial charge in [0.05, 0.1) is 25.1 Å². The van der Waals surface area contributed by atoms with Gasteiger partial charge in [-0.3, -0.25) is 9.59 Å². The van der Waals surface area contributed by atoms with Gasteiger partial charge in [0.2, 0.25) is 11.8 Å². The molecule has 0 radical (unpaired) electrons. The van der Waals surface area contributed by atoms with Crippen LogP contribution in [0.1, 0.15) is 16.4 Å². The molecule has 0 saturated heterocycles. The third kappa shape index (κ3) is 8.03. The van der Waals surface area contributed by atoms with Crippen molar-refractivity contribution in [3.8, 4) is 17.0 Å². The molecule has 2 aromatic heterocycles. The normalized spacial score (nSPS) is 10.7. The molecule has 11 heteroatoms. The fraction of sp³-hybridized carbons (Fsp3) is 0.276. The Hall–Kier alpha value is -3.96. The number of nitrogens with one attached hydrogen (secondary N) is 1. The van der Waals surface area contributed by atoms with Crippen molar-refractivity contribution in [3.63, 3.8) is 0 Å². The summed E-state index contributed by atoms with van der Waals surface area (Å²) in [4.78, 5) is 43.5. The highest BCUT2D eigenvalue weighted by molar-refractivity contribution is 7.99. The number of hydrogen-bond acceptors (Lipinski definition) is 9. The average Bonchev–Trinajstić information content (AvgIpc) is 3.39. The number of amides is 2. The molecular weight excluding hydrogens is 544 g/mol. The van der Waals surface area contributed by atoms with Crippen LogP contribution in [-0.4, -0.2) is 65.2 Å². The number of ether oxygens (including phenoxy) is 1. The molecule has 9 nitrogen and oxygen atoms in total. The maximum absolute atomic E-state index is 13.4. The van der Waals surface area contributed by atoms with Crippen molar-refractivity contribution >= 4 is 46.3 Å². The van der Waals surface area contributed by atoms with Gasteiger partial charge in [-0.1, -0.05) is 11.8 Å². The smallest absolute Gasteiger partial charge is 0.244 e. The molecule has 0 spiro atoms. The molecule has 2 amide bonds. The van der Waals surface area contributed by atoms with Crippen molar-refractivity contribution in [3.05, 3.63) is 76.4 Å². The number of thiazole rings is 1. The number of rotatable bonds is 11. The minimum atomic E-state index is -0.287. The molecule has 0 unspecified atom stereocenters. The van der Waals surface area contributed by atoms with Crippen LogP contribution in [0.3, 0.4) is 0 Å². The summed E-state index contributed by atoms with van der Waals surface area (Å²) in [6, 6.07) is 17.1. The number of carbonyl (C=O) groups is 2. The minimum absolute atomic E-state index is 0.102. The summed E-state index contributed by atoms with van der Waals surface area (Å²) in [6.07, 6.45) is 0. The van der Waals surface area contributed by atoms with E-state index < -0.39 is 0 Å². The number of thioether (sulfide) groups is 1. The van der Waals surface area contributed by atoms with Crippen molar-refractivity contribution in [2.45, 2.75) is 25.5 Å². The quantitative estimate of drug-likeness (QED) is 0.196. The summed E-state index contributed by atoms with van der Waals surface area (Å²) < 4.78 is 5.24. The second-order valence-electron chi connectivity index (χ2n) is 9.32. The van der Waals surface area contributed by atoms with Crippen LogP contribution in [0.25, 0.3) is 11.3 Å². The molecule has 0 saturated carbocycles. The third-order valence-corrected chi connectivity index (χ3v) is 7.57. The predicted octanol–water partition coefficient (Wildman–Crippen LogP) is 5.05. The molecule has 0 aliphatic heterocycles. The Morgan fingerprint density at radius 3 is 2.27 bits per heavy atom. The third-order valence-electron chi connectivity index (χ3n) is 5.90. The Bertz CT molecular complexity index is 1440. The van der Waals surface area contributed by atoms with E-state index in [1.54, 1.807) is 7.11 Å². The highest BCUT2D eigenvalue weighted by atomic mass is 32.2. The number of aryl methyl sites for hydroxylation is 2. The first-order chi connectivity index (χ1) is 19.2. The highest BCUT2D eigenvalue weighted by Crippen LogP contribution is 2.25. The molecule has 4 rings (SSSR count). The summed E-state index contributed by atoms with van der Waals surface area (Å²) in [6.45, 7) is 3.89. The van der Waals surface area contributed by atoms with E-state index in [0.717, 1.165) is 39.1 Å². The number of methoxy groups -OCH3 is 1. The van der Waals surface area contributed by atoms with E-state index in [0.29, 0.717) is 10.8 Å². The standard InChI is InChI=1S/C29H32N6O3S2/c1-19-14-20(2)31-29(30-19)40-18-28(37)35(15-26(36)32-22-8-10-23(11-9-22)34(3)4)16-27-33-25(17-39-27)21-6-12-24(38-5)13-7-21/h6-14,17H,15-16,18H2,1-5H3,(H,32,36).